The molecule has 0 saturated heterocycles. The third-order valence-electron chi connectivity index (χ3n) is 4.25. The molecule has 0 aromatic carbocycles. The van der Waals surface area contributed by atoms with Crippen LogP contribution < -0.4 is 0 Å². The molecule has 2 saturated carbocycles. The predicted molar refractivity (Wildman–Crippen MR) is 48.1 cm³/mol. The molecule has 2 heteroatoms. The fraction of sp³-hybridized carbons (Fsp3) is 0.900. The molecule has 4 aliphatic rings. The zero-order valence-electron chi connectivity index (χ0n) is 7.47. The largest absolute Gasteiger partial charge is 0.454 e. The molecule has 0 aromatic heterocycles. The molecule has 4 rings (SSSR count). The summed E-state index contributed by atoms with van der Waals surface area (Å²) < 4.78 is 1.88. The van der Waals surface area contributed by atoms with Gasteiger partial charge in [-0.2, -0.15) is 0 Å². The Bertz CT molecular complexity index is 247. The number of hydrogen-bond acceptors (Lipinski definition) is 0. The molecule has 1 spiro atoms. The van der Waals surface area contributed by atoms with Gasteiger partial charge in [0.25, 0.3) is 0 Å². The molecule has 2 fully saturated rings. The minimum absolute atomic E-state index is 0.524. The van der Waals surface area contributed by atoms with Crippen molar-refractivity contribution in [2.45, 2.75) is 51.0 Å². The van der Waals surface area contributed by atoms with Crippen molar-refractivity contribution in [3.8, 4) is 0 Å². The van der Waals surface area contributed by atoms with Gasteiger partial charge in [-0.15, -0.1) is 0 Å². The second kappa shape index (κ2) is 2.04. The zero-order chi connectivity index (χ0) is 8.18. The number of fused-ring (bicyclic) bond motifs is 2. The van der Waals surface area contributed by atoms with E-state index >= 15 is 0 Å². The van der Waals surface area contributed by atoms with Crippen LogP contribution in [0, 0.1) is 5.41 Å². The van der Waals surface area contributed by atoms with E-state index in [9.17, 15) is 0 Å². The summed E-state index contributed by atoms with van der Waals surface area (Å²) >= 11 is 0. The number of rotatable bonds is 0. The van der Waals surface area contributed by atoms with Crippen LogP contribution in [-0.4, -0.2) is 16.4 Å². The van der Waals surface area contributed by atoms with Crippen LogP contribution in [0.4, 0.5) is 0 Å². The minimum Gasteiger partial charge on any atom is -0.454 e. The van der Waals surface area contributed by atoms with Crippen LogP contribution in [0.3, 0.4) is 0 Å². The maximum Gasteiger partial charge on any atom is 0.154 e. The van der Waals surface area contributed by atoms with E-state index in [0.717, 1.165) is 0 Å². The van der Waals surface area contributed by atoms with Crippen LogP contribution in [0.2, 0.25) is 0 Å². The number of hydrogen-bond donors (Lipinski definition) is 0. The van der Waals surface area contributed by atoms with Gasteiger partial charge < -0.3 is 5.84 Å². The van der Waals surface area contributed by atoms with E-state index in [1.807, 2.05) is 4.68 Å². The molecule has 1 N–H and O–H groups in total. The van der Waals surface area contributed by atoms with Crippen molar-refractivity contribution in [1.82, 2.24) is 0 Å². The van der Waals surface area contributed by atoms with Crippen molar-refractivity contribution < 1.29 is 4.68 Å². The molecule has 0 aromatic rings. The lowest BCUT2D eigenvalue weighted by Gasteiger charge is -2.42. The van der Waals surface area contributed by atoms with Crippen LogP contribution in [0.15, 0.2) is 0 Å². The Balaban J connectivity index is 2.14. The van der Waals surface area contributed by atoms with E-state index in [1.165, 1.54) is 50.7 Å². The van der Waals surface area contributed by atoms with Gasteiger partial charge in [-0.05, 0) is 25.7 Å². The zero-order valence-corrected chi connectivity index (χ0v) is 7.47. The fourth-order valence-corrected chi connectivity index (χ4v) is 3.55. The highest BCUT2D eigenvalue weighted by molar-refractivity contribution is 5.88. The van der Waals surface area contributed by atoms with Gasteiger partial charge in [0.15, 0.2) is 5.71 Å². The number of nitrogens with zero attached hydrogens (tertiary/aromatic N) is 1. The molecule has 0 radical (unpaired) electrons. The third kappa shape index (κ3) is 0.644. The van der Waals surface area contributed by atoms with Crippen LogP contribution >= 0.6 is 0 Å². The second-order valence-electron chi connectivity index (χ2n) is 4.68. The summed E-state index contributed by atoms with van der Waals surface area (Å²) in [5.41, 5.74) is 2.02. The molecule has 2 aliphatic heterocycles. The van der Waals surface area contributed by atoms with Crippen molar-refractivity contribution in [1.29, 1.82) is 0 Å². The quantitative estimate of drug-likeness (QED) is 0.492. The molecule has 0 amide bonds. The topological polar surface area (TPSA) is 26.8 Å². The van der Waals surface area contributed by atoms with E-state index in [0.29, 0.717) is 11.5 Å². The molecule has 0 atom stereocenters. The van der Waals surface area contributed by atoms with Crippen molar-refractivity contribution in [3.05, 3.63) is 5.84 Å². The lowest BCUT2D eigenvalue weighted by atomic mass is 9.67. The Kier molecular flexibility index (Phi) is 1.18. The van der Waals surface area contributed by atoms with Gasteiger partial charge in [0.1, 0.15) is 6.04 Å². The summed E-state index contributed by atoms with van der Waals surface area (Å²) in [6.45, 7) is 0. The Morgan fingerprint density at radius 2 is 2.00 bits per heavy atom. The molecule has 12 heavy (non-hydrogen) atoms. The van der Waals surface area contributed by atoms with Gasteiger partial charge in [0.05, 0.1) is 5.41 Å². The van der Waals surface area contributed by atoms with E-state index in [2.05, 4.69) is 0 Å². The first-order chi connectivity index (χ1) is 5.82. The van der Waals surface area contributed by atoms with E-state index < -0.39 is 0 Å². The molecule has 66 valence electrons. The highest BCUT2D eigenvalue weighted by Crippen LogP contribution is 2.51. The fourth-order valence-electron chi connectivity index (χ4n) is 3.55. The van der Waals surface area contributed by atoms with Gasteiger partial charge in [-0.25, -0.2) is 0 Å². The highest BCUT2D eigenvalue weighted by Gasteiger charge is 2.52. The third-order valence-corrected chi connectivity index (χ3v) is 4.25. The molecule has 2 aliphatic carbocycles. The molecular formula is C10H16N2. The first-order valence-corrected chi connectivity index (χ1v) is 5.19. The lowest BCUT2D eigenvalue weighted by Crippen LogP contribution is -2.47. The smallest absolute Gasteiger partial charge is 0.154 e. The van der Waals surface area contributed by atoms with Gasteiger partial charge in [-0.1, -0.05) is 0 Å². The molecule has 2 heterocycles. The maximum absolute atomic E-state index is 7.98. The summed E-state index contributed by atoms with van der Waals surface area (Å²) in [6, 6.07) is 0.583. The Morgan fingerprint density at radius 3 is 2.67 bits per heavy atom. The van der Waals surface area contributed by atoms with Crippen molar-refractivity contribution in [3.63, 3.8) is 0 Å². The molecule has 0 unspecified atom stereocenters. The summed E-state index contributed by atoms with van der Waals surface area (Å²) in [4.78, 5) is 0. The van der Waals surface area contributed by atoms with Crippen molar-refractivity contribution >= 4 is 5.71 Å². The summed E-state index contributed by atoms with van der Waals surface area (Å²) in [5.74, 6) is 7.98. The average molecular weight is 164 g/mol. The van der Waals surface area contributed by atoms with Gasteiger partial charge in [0.2, 0.25) is 0 Å². The first kappa shape index (κ1) is 6.93. The Hall–Kier alpha value is -0.530. The Labute approximate surface area is 73.4 Å². The van der Waals surface area contributed by atoms with Crippen LogP contribution in [0.1, 0.15) is 44.9 Å². The summed E-state index contributed by atoms with van der Waals surface area (Å²) in [7, 11) is 0. The van der Waals surface area contributed by atoms with E-state index in [-0.39, 0.29) is 0 Å². The van der Waals surface area contributed by atoms with Crippen LogP contribution in [0.25, 0.3) is 5.84 Å². The standard InChI is InChI=1S/C10H16N2/c11-12-8-3-6-10(7-4-8)5-1-2-9(10)12/h8,11H,1-7H2. The predicted octanol–water partition coefficient (Wildman–Crippen LogP) is 2.53. The Morgan fingerprint density at radius 1 is 1.25 bits per heavy atom. The first-order valence-electron chi connectivity index (χ1n) is 5.19. The minimum atomic E-state index is 0.524. The summed E-state index contributed by atoms with van der Waals surface area (Å²) in [6.07, 6.45) is 9.30. The van der Waals surface area contributed by atoms with E-state index in [1.54, 1.807) is 0 Å². The average Bonchev–Trinajstić information content (AvgIpc) is 2.51. The molecule has 2 nitrogen and oxygen atoms in total. The monoisotopic (exact) mass is 164 g/mol. The van der Waals surface area contributed by atoms with Crippen molar-refractivity contribution in [2.24, 2.45) is 5.41 Å². The summed E-state index contributed by atoms with van der Waals surface area (Å²) in [5, 5.41) is 0. The van der Waals surface area contributed by atoms with Gasteiger partial charge in [-0.3, -0.25) is 4.68 Å². The lowest BCUT2D eigenvalue weighted by molar-refractivity contribution is -0.523. The van der Waals surface area contributed by atoms with Gasteiger partial charge >= 0.3 is 0 Å². The highest BCUT2D eigenvalue weighted by atomic mass is 15.3. The molecule has 2 bridgehead atoms. The maximum atomic E-state index is 7.98. The normalized spacial score (nSPS) is 45.2. The van der Waals surface area contributed by atoms with Crippen LogP contribution in [0.5, 0.6) is 0 Å². The number of nitrogens with one attached hydrogen (secondary N) is 1. The molecular weight excluding hydrogens is 148 g/mol. The second-order valence-corrected chi connectivity index (χ2v) is 4.68. The van der Waals surface area contributed by atoms with Crippen molar-refractivity contribution in [2.75, 3.05) is 0 Å². The van der Waals surface area contributed by atoms with E-state index in [4.69, 9.17) is 5.84 Å². The SMILES string of the molecule is [NH-][N+]1=C2CCCC23CCC1CC3. The van der Waals surface area contributed by atoms with Gasteiger partial charge in [0, 0.05) is 19.3 Å². The van der Waals surface area contributed by atoms with Crippen LogP contribution in [-0.2, 0) is 0 Å².